The summed E-state index contributed by atoms with van der Waals surface area (Å²) >= 11 is 0. The number of nitrogens with zero attached hydrogens (tertiary/aromatic N) is 3. The molecule has 0 saturated carbocycles. The Labute approximate surface area is 125 Å². The van der Waals surface area contributed by atoms with Crippen LogP contribution in [-0.2, 0) is 4.79 Å². The van der Waals surface area contributed by atoms with E-state index in [1.54, 1.807) is 0 Å². The first-order valence-corrected chi connectivity index (χ1v) is 7.40. The zero-order valence-corrected chi connectivity index (χ0v) is 12.6. The number of hydrogen-bond acceptors (Lipinski definition) is 3. The molecule has 1 aromatic rings. The van der Waals surface area contributed by atoms with Gasteiger partial charge in [-0.2, -0.15) is 0 Å². The normalized spacial score (nSPS) is 20.7. The van der Waals surface area contributed by atoms with Crippen LogP contribution in [-0.4, -0.2) is 66.8 Å². The van der Waals surface area contributed by atoms with Crippen LogP contribution in [0.2, 0.25) is 0 Å². The van der Waals surface area contributed by atoms with Crippen LogP contribution in [0.15, 0.2) is 24.3 Å². The highest BCUT2D eigenvalue weighted by Crippen LogP contribution is 2.35. The van der Waals surface area contributed by atoms with E-state index in [1.807, 2.05) is 53.1 Å². The van der Waals surface area contributed by atoms with E-state index in [0.717, 1.165) is 17.7 Å². The fourth-order valence-corrected chi connectivity index (χ4v) is 3.13. The summed E-state index contributed by atoms with van der Waals surface area (Å²) in [5.41, 5.74) is 1.86. The van der Waals surface area contributed by atoms with Crippen molar-refractivity contribution in [3.05, 3.63) is 35.4 Å². The lowest BCUT2D eigenvalue weighted by Crippen LogP contribution is -2.49. The Morgan fingerprint density at radius 2 is 2.05 bits per heavy atom. The van der Waals surface area contributed by atoms with Gasteiger partial charge in [0.2, 0.25) is 5.91 Å². The van der Waals surface area contributed by atoms with Crippen molar-refractivity contribution in [1.29, 1.82) is 0 Å². The maximum atomic E-state index is 12.3. The standard InChI is InChI=1S/C16H21N3O2/c1-17(2)8-7-15(20)18-9-10-19-14(11-18)12-5-3-4-6-13(12)16(19)21/h3-6,14H,7-11H2,1-2H3. The number of fused-ring (bicyclic) bond motifs is 3. The lowest BCUT2D eigenvalue weighted by molar-refractivity contribution is -0.133. The quantitative estimate of drug-likeness (QED) is 0.832. The Balaban J connectivity index is 1.73. The molecule has 3 rings (SSSR count). The zero-order chi connectivity index (χ0) is 15.0. The minimum Gasteiger partial charge on any atom is -0.338 e. The Hall–Kier alpha value is -1.88. The summed E-state index contributed by atoms with van der Waals surface area (Å²) in [6.45, 7) is 2.66. The van der Waals surface area contributed by atoms with Crippen LogP contribution in [0.4, 0.5) is 0 Å². The first kappa shape index (κ1) is 14.1. The van der Waals surface area contributed by atoms with Crippen LogP contribution < -0.4 is 0 Å². The third-order valence-electron chi connectivity index (χ3n) is 4.32. The number of rotatable bonds is 3. The van der Waals surface area contributed by atoms with Gasteiger partial charge in [0, 0.05) is 38.2 Å². The van der Waals surface area contributed by atoms with Crippen LogP contribution in [0.5, 0.6) is 0 Å². The van der Waals surface area contributed by atoms with Crippen molar-refractivity contribution in [1.82, 2.24) is 14.7 Å². The molecule has 5 heteroatoms. The van der Waals surface area contributed by atoms with E-state index >= 15 is 0 Å². The van der Waals surface area contributed by atoms with Gasteiger partial charge in [0.1, 0.15) is 0 Å². The van der Waals surface area contributed by atoms with Crippen LogP contribution >= 0.6 is 0 Å². The summed E-state index contributed by atoms with van der Waals surface area (Å²) in [6.07, 6.45) is 0.537. The predicted molar refractivity (Wildman–Crippen MR) is 80.0 cm³/mol. The maximum Gasteiger partial charge on any atom is 0.254 e. The van der Waals surface area contributed by atoms with Crippen molar-refractivity contribution in [2.24, 2.45) is 0 Å². The Morgan fingerprint density at radius 3 is 2.81 bits per heavy atom. The van der Waals surface area contributed by atoms with E-state index in [-0.39, 0.29) is 17.9 Å². The number of carbonyl (C=O) groups excluding carboxylic acids is 2. The first-order valence-electron chi connectivity index (χ1n) is 7.40. The Bertz CT molecular complexity index is 570. The van der Waals surface area contributed by atoms with Crippen molar-refractivity contribution in [3.63, 3.8) is 0 Å². The number of hydrogen-bond donors (Lipinski definition) is 0. The highest BCUT2D eigenvalue weighted by molar-refractivity contribution is 5.99. The van der Waals surface area contributed by atoms with Gasteiger partial charge in [-0.3, -0.25) is 9.59 Å². The average molecular weight is 287 g/mol. The molecule has 1 atom stereocenters. The minimum absolute atomic E-state index is 0.0331. The van der Waals surface area contributed by atoms with E-state index < -0.39 is 0 Å². The summed E-state index contributed by atoms with van der Waals surface area (Å²) in [5.74, 6) is 0.288. The van der Waals surface area contributed by atoms with Crippen molar-refractivity contribution >= 4 is 11.8 Å². The predicted octanol–water partition coefficient (Wildman–Crippen LogP) is 0.977. The second kappa shape index (κ2) is 5.48. The van der Waals surface area contributed by atoms with Gasteiger partial charge in [0.25, 0.3) is 5.91 Å². The average Bonchev–Trinajstić information content (AvgIpc) is 2.78. The number of benzene rings is 1. The molecule has 5 nitrogen and oxygen atoms in total. The minimum atomic E-state index is 0.0331. The van der Waals surface area contributed by atoms with E-state index in [2.05, 4.69) is 0 Å². The highest BCUT2D eigenvalue weighted by Gasteiger charge is 2.40. The number of carbonyl (C=O) groups is 2. The van der Waals surface area contributed by atoms with Crippen LogP contribution in [0.1, 0.15) is 28.4 Å². The molecule has 0 bridgehead atoms. The van der Waals surface area contributed by atoms with Gasteiger partial charge < -0.3 is 14.7 Å². The van der Waals surface area contributed by atoms with Gasteiger partial charge in [0.15, 0.2) is 0 Å². The molecule has 2 amide bonds. The lowest BCUT2D eigenvalue weighted by Gasteiger charge is -2.38. The van der Waals surface area contributed by atoms with Crippen LogP contribution in [0.25, 0.3) is 0 Å². The third-order valence-corrected chi connectivity index (χ3v) is 4.32. The molecule has 1 aromatic carbocycles. The molecule has 0 aromatic heterocycles. The summed E-state index contributed by atoms with van der Waals surface area (Å²) in [5, 5.41) is 0. The summed E-state index contributed by atoms with van der Waals surface area (Å²) < 4.78 is 0. The summed E-state index contributed by atoms with van der Waals surface area (Å²) in [4.78, 5) is 30.4. The van der Waals surface area contributed by atoms with E-state index in [9.17, 15) is 9.59 Å². The molecular formula is C16H21N3O2. The smallest absolute Gasteiger partial charge is 0.254 e. The molecule has 0 radical (unpaired) electrons. The van der Waals surface area contributed by atoms with Crippen molar-refractivity contribution < 1.29 is 9.59 Å². The van der Waals surface area contributed by atoms with Gasteiger partial charge in [-0.05, 0) is 25.7 Å². The second-order valence-corrected chi connectivity index (χ2v) is 5.99. The Kier molecular flexibility index (Phi) is 3.68. The van der Waals surface area contributed by atoms with Crippen LogP contribution in [0, 0.1) is 0 Å². The van der Waals surface area contributed by atoms with Crippen molar-refractivity contribution in [2.45, 2.75) is 12.5 Å². The molecule has 0 aliphatic carbocycles. The maximum absolute atomic E-state index is 12.3. The lowest BCUT2D eigenvalue weighted by atomic mass is 10.0. The van der Waals surface area contributed by atoms with E-state index in [0.29, 0.717) is 26.1 Å². The van der Waals surface area contributed by atoms with Gasteiger partial charge in [-0.25, -0.2) is 0 Å². The highest BCUT2D eigenvalue weighted by atomic mass is 16.2. The van der Waals surface area contributed by atoms with Gasteiger partial charge in [-0.15, -0.1) is 0 Å². The molecule has 1 fully saturated rings. The second-order valence-electron chi connectivity index (χ2n) is 5.99. The number of piperazine rings is 1. The fourth-order valence-electron chi connectivity index (χ4n) is 3.13. The zero-order valence-electron chi connectivity index (χ0n) is 12.6. The van der Waals surface area contributed by atoms with Crippen molar-refractivity contribution in [2.75, 3.05) is 40.3 Å². The van der Waals surface area contributed by atoms with Gasteiger partial charge in [-0.1, -0.05) is 18.2 Å². The fraction of sp³-hybridized carbons (Fsp3) is 0.500. The molecule has 112 valence electrons. The van der Waals surface area contributed by atoms with Crippen molar-refractivity contribution in [3.8, 4) is 0 Å². The summed E-state index contributed by atoms with van der Waals surface area (Å²) in [6, 6.07) is 7.78. The first-order chi connectivity index (χ1) is 10.1. The number of amides is 2. The van der Waals surface area contributed by atoms with Crippen LogP contribution in [0.3, 0.4) is 0 Å². The molecule has 1 saturated heterocycles. The molecule has 0 N–H and O–H groups in total. The third kappa shape index (κ3) is 2.53. The molecule has 2 heterocycles. The van der Waals surface area contributed by atoms with Gasteiger partial charge in [0.05, 0.1) is 6.04 Å². The SMILES string of the molecule is CN(C)CCC(=O)N1CCN2C(=O)c3ccccc3C2C1. The molecular weight excluding hydrogens is 266 g/mol. The van der Waals surface area contributed by atoms with Gasteiger partial charge >= 0.3 is 0 Å². The largest absolute Gasteiger partial charge is 0.338 e. The topological polar surface area (TPSA) is 43.9 Å². The molecule has 2 aliphatic rings. The molecule has 1 unspecified atom stereocenters. The Morgan fingerprint density at radius 1 is 1.29 bits per heavy atom. The molecule has 2 aliphatic heterocycles. The molecule has 0 spiro atoms. The van der Waals surface area contributed by atoms with E-state index in [4.69, 9.17) is 0 Å². The summed E-state index contributed by atoms with van der Waals surface area (Å²) in [7, 11) is 3.94. The molecule has 21 heavy (non-hydrogen) atoms. The monoisotopic (exact) mass is 287 g/mol. The van der Waals surface area contributed by atoms with E-state index in [1.165, 1.54) is 0 Å².